The number of ether oxygens (including phenoxy) is 1. The fourth-order valence-electron chi connectivity index (χ4n) is 1.47. The molecule has 1 rings (SSSR count). The van der Waals surface area contributed by atoms with E-state index in [-0.39, 0.29) is 0 Å². The van der Waals surface area contributed by atoms with E-state index in [4.69, 9.17) is 17.0 Å². The van der Waals surface area contributed by atoms with Gasteiger partial charge in [-0.05, 0) is 29.7 Å². The van der Waals surface area contributed by atoms with Crippen molar-refractivity contribution in [1.82, 2.24) is 5.32 Å². The zero-order valence-electron chi connectivity index (χ0n) is 9.63. The van der Waals surface area contributed by atoms with Crippen LogP contribution in [0.2, 0.25) is 0 Å². The molecular weight excluding hydrogens is 206 g/mol. The van der Waals surface area contributed by atoms with Crippen molar-refractivity contribution >= 4 is 17.2 Å². The Hall–Kier alpha value is -1.09. The number of nitrogens with one attached hydrogen (secondary N) is 1. The maximum absolute atomic E-state index is 5.31. The van der Waals surface area contributed by atoms with E-state index in [0.717, 1.165) is 16.3 Å². The van der Waals surface area contributed by atoms with Crippen LogP contribution < -0.4 is 10.1 Å². The summed E-state index contributed by atoms with van der Waals surface area (Å²) in [5, 5.41) is 2.98. The third-order valence-electron chi connectivity index (χ3n) is 2.34. The van der Waals surface area contributed by atoms with Gasteiger partial charge in [0.2, 0.25) is 0 Å². The summed E-state index contributed by atoms with van der Waals surface area (Å²) >= 11 is 5.20. The van der Waals surface area contributed by atoms with Crippen molar-refractivity contribution in [3.63, 3.8) is 0 Å². The van der Waals surface area contributed by atoms with Gasteiger partial charge in [0.1, 0.15) is 10.7 Å². The average Bonchev–Trinajstić information content (AvgIpc) is 2.27. The molecule has 0 saturated heterocycles. The number of methoxy groups -OCH3 is 1. The normalized spacial score (nSPS) is 10.2. The molecule has 0 aliphatic carbocycles. The molecule has 3 heteroatoms. The summed E-state index contributed by atoms with van der Waals surface area (Å²) in [7, 11) is 3.53. The van der Waals surface area contributed by atoms with Crippen LogP contribution in [-0.2, 0) is 0 Å². The van der Waals surface area contributed by atoms with Crippen LogP contribution in [0.5, 0.6) is 5.75 Å². The van der Waals surface area contributed by atoms with Gasteiger partial charge in [0.25, 0.3) is 0 Å². The maximum Gasteiger partial charge on any atom is 0.122 e. The standard InChI is InChI=1S/C12H17NOS/c1-8(2)10-7-9(12(15)13-3)5-6-11(10)14-4/h5-8H,1-4H3,(H,13,15). The van der Waals surface area contributed by atoms with Crippen molar-refractivity contribution in [2.75, 3.05) is 14.2 Å². The molecule has 0 saturated carbocycles. The predicted octanol–water partition coefficient (Wildman–Crippen LogP) is 2.71. The van der Waals surface area contributed by atoms with E-state index < -0.39 is 0 Å². The minimum atomic E-state index is 0.430. The van der Waals surface area contributed by atoms with Gasteiger partial charge < -0.3 is 10.1 Å². The molecule has 1 aromatic carbocycles. The van der Waals surface area contributed by atoms with Crippen molar-refractivity contribution in [2.24, 2.45) is 0 Å². The van der Waals surface area contributed by atoms with Crippen molar-refractivity contribution in [1.29, 1.82) is 0 Å². The fraction of sp³-hybridized carbons (Fsp3) is 0.417. The Labute approximate surface area is 96.6 Å². The summed E-state index contributed by atoms with van der Waals surface area (Å²) in [6.07, 6.45) is 0. The van der Waals surface area contributed by atoms with Crippen LogP contribution in [0.1, 0.15) is 30.9 Å². The number of rotatable bonds is 3. The minimum absolute atomic E-state index is 0.430. The molecule has 0 aromatic heterocycles. The largest absolute Gasteiger partial charge is 0.496 e. The van der Waals surface area contributed by atoms with Crippen LogP contribution in [0.3, 0.4) is 0 Å². The first-order valence-electron chi connectivity index (χ1n) is 5.00. The molecule has 0 radical (unpaired) electrons. The number of thiocarbonyl (C=S) groups is 1. The third-order valence-corrected chi connectivity index (χ3v) is 2.78. The second kappa shape index (κ2) is 5.12. The van der Waals surface area contributed by atoms with Gasteiger partial charge in [-0.3, -0.25) is 0 Å². The zero-order chi connectivity index (χ0) is 11.4. The van der Waals surface area contributed by atoms with E-state index in [0.29, 0.717) is 5.92 Å². The molecule has 0 fully saturated rings. The van der Waals surface area contributed by atoms with Crippen molar-refractivity contribution in [2.45, 2.75) is 19.8 Å². The fourth-order valence-corrected chi connectivity index (χ4v) is 1.60. The molecule has 0 bridgehead atoms. The van der Waals surface area contributed by atoms with E-state index in [1.807, 2.05) is 19.2 Å². The maximum atomic E-state index is 5.31. The molecule has 0 heterocycles. The molecule has 1 N–H and O–H groups in total. The molecule has 0 unspecified atom stereocenters. The lowest BCUT2D eigenvalue weighted by atomic mass is 9.99. The lowest BCUT2D eigenvalue weighted by molar-refractivity contribution is 0.407. The van der Waals surface area contributed by atoms with Gasteiger partial charge >= 0.3 is 0 Å². The second-order valence-corrected chi connectivity index (χ2v) is 4.10. The molecule has 15 heavy (non-hydrogen) atoms. The highest BCUT2D eigenvalue weighted by Gasteiger charge is 2.09. The van der Waals surface area contributed by atoms with Crippen LogP contribution in [0.25, 0.3) is 0 Å². The summed E-state index contributed by atoms with van der Waals surface area (Å²) < 4.78 is 5.31. The molecule has 1 aromatic rings. The molecule has 82 valence electrons. The van der Waals surface area contributed by atoms with Crippen molar-refractivity contribution in [3.05, 3.63) is 29.3 Å². The highest BCUT2D eigenvalue weighted by atomic mass is 32.1. The molecule has 2 nitrogen and oxygen atoms in total. The second-order valence-electron chi connectivity index (χ2n) is 3.69. The van der Waals surface area contributed by atoms with Gasteiger partial charge in [0, 0.05) is 12.6 Å². The molecule has 0 spiro atoms. The van der Waals surface area contributed by atoms with Crippen LogP contribution in [0.15, 0.2) is 18.2 Å². The van der Waals surface area contributed by atoms with Crippen LogP contribution in [0, 0.1) is 0 Å². The Kier molecular flexibility index (Phi) is 4.09. The van der Waals surface area contributed by atoms with E-state index in [1.54, 1.807) is 7.11 Å². The number of hydrogen-bond donors (Lipinski definition) is 1. The van der Waals surface area contributed by atoms with Crippen LogP contribution in [0.4, 0.5) is 0 Å². The summed E-state index contributed by atoms with van der Waals surface area (Å²) in [4.78, 5) is 0.763. The van der Waals surface area contributed by atoms with E-state index in [1.165, 1.54) is 5.56 Å². The summed E-state index contributed by atoms with van der Waals surface area (Å²) in [6, 6.07) is 6.03. The highest BCUT2D eigenvalue weighted by Crippen LogP contribution is 2.27. The third kappa shape index (κ3) is 2.69. The molecule has 0 aliphatic heterocycles. The monoisotopic (exact) mass is 223 g/mol. The summed E-state index contributed by atoms with van der Waals surface area (Å²) in [6.45, 7) is 4.29. The first-order chi connectivity index (χ1) is 7.10. The smallest absolute Gasteiger partial charge is 0.122 e. The average molecular weight is 223 g/mol. The lowest BCUT2D eigenvalue weighted by Crippen LogP contribution is -2.16. The zero-order valence-corrected chi connectivity index (χ0v) is 10.4. The SMILES string of the molecule is CNC(=S)c1ccc(OC)c(C(C)C)c1. The highest BCUT2D eigenvalue weighted by molar-refractivity contribution is 7.80. The molecule has 0 atom stereocenters. The van der Waals surface area contributed by atoms with Crippen LogP contribution >= 0.6 is 12.2 Å². The quantitative estimate of drug-likeness (QED) is 0.796. The van der Waals surface area contributed by atoms with Gasteiger partial charge in [-0.25, -0.2) is 0 Å². The van der Waals surface area contributed by atoms with Crippen molar-refractivity contribution < 1.29 is 4.74 Å². The lowest BCUT2D eigenvalue weighted by Gasteiger charge is -2.13. The minimum Gasteiger partial charge on any atom is -0.496 e. The van der Waals surface area contributed by atoms with Gasteiger partial charge in [0.15, 0.2) is 0 Å². The van der Waals surface area contributed by atoms with E-state index in [9.17, 15) is 0 Å². The van der Waals surface area contributed by atoms with E-state index in [2.05, 4.69) is 25.2 Å². The molecule has 0 amide bonds. The van der Waals surface area contributed by atoms with Crippen molar-refractivity contribution in [3.8, 4) is 5.75 Å². The summed E-state index contributed by atoms with van der Waals surface area (Å²) in [5.74, 6) is 1.35. The topological polar surface area (TPSA) is 21.3 Å². The first-order valence-corrected chi connectivity index (χ1v) is 5.41. The van der Waals surface area contributed by atoms with Gasteiger partial charge in [-0.1, -0.05) is 26.1 Å². The first kappa shape index (κ1) is 12.0. The van der Waals surface area contributed by atoms with Gasteiger partial charge in [-0.15, -0.1) is 0 Å². The Balaban J connectivity index is 3.16. The van der Waals surface area contributed by atoms with Crippen LogP contribution in [-0.4, -0.2) is 19.1 Å². The number of benzene rings is 1. The van der Waals surface area contributed by atoms with Gasteiger partial charge in [0.05, 0.1) is 7.11 Å². The predicted molar refractivity (Wildman–Crippen MR) is 67.8 cm³/mol. The Morgan fingerprint density at radius 3 is 2.53 bits per heavy atom. The molecule has 0 aliphatic rings. The number of hydrogen-bond acceptors (Lipinski definition) is 2. The molecular formula is C12H17NOS. The Bertz CT molecular complexity index is 361. The Morgan fingerprint density at radius 2 is 2.07 bits per heavy atom. The Morgan fingerprint density at radius 1 is 1.40 bits per heavy atom. The summed E-state index contributed by atoms with van der Waals surface area (Å²) in [5.41, 5.74) is 2.23. The van der Waals surface area contributed by atoms with Gasteiger partial charge in [-0.2, -0.15) is 0 Å². The van der Waals surface area contributed by atoms with E-state index >= 15 is 0 Å².